The summed E-state index contributed by atoms with van der Waals surface area (Å²) >= 11 is 0. The van der Waals surface area contributed by atoms with Gasteiger partial charge in [-0.25, -0.2) is 0 Å². The Bertz CT molecular complexity index is 433. The summed E-state index contributed by atoms with van der Waals surface area (Å²) in [5, 5.41) is 3.35. The number of halogens is 1. The highest BCUT2D eigenvalue weighted by Gasteiger charge is 2.19. The Morgan fingerprint density at radius 1 is 1.50 bits per heavy atom. The Hall–Kier alpha value is -1.04. The molecule has 1 fully saturated rings. The summed E-state index contributed by atoms with van der Waals surface area (Å²) in [5.41, 5.74) is 1.78. The predicted octanol–water partition coefficient (Wildman–Crippen LogP) is 1.32. The topological polar surface area (TPSA) is 51.4 Å². The van der Waals surface area contributed by atoms with Crippen molar-refractivity contribution in [2.75, 3.05) is 34.2 Å². The highest BCUT2D eigenvalue weighted by Crippen LogP contribution is 2.13. The minimum atomic E-state index is 0. The van der Waals surface area contributed by atoms with Crippen molar-refractivity contribution in [1.82, 2.24) is 20.1 Å². The zero-order valence-electron chi connectivity index (χ0n) is 12.5. The molecule has 0 saturated carbocycles. The van der Waals surface area contributed by atoms with Gasteiger partial charge in [0.05, 0.1) is 0 Å². The van der Waals surface area contributed by atoms with Crippen LogP contribution in [0.15, 0.2) is 12.1 Å². The molecule has 1 saturated heterocycles. The van der Waals surface area contributed by atoms with E-state index in [0.717, 1.165) is 25.3 Å². The van der Waals surface area contributed by atoms with Gasteiger partial charge in [0, 0.05) is 38.9 Å². The molecule has 114 valence electrons. The zero-order valence-corrected chi connectivity index (χ0v) is 13.3. The van der Waals surface area contributed by atoms with Crippen molar-refractivity contribution < 1.29 is 4.79 Å². The minimum Gasteiger partial charge on any atom is -0.353 e. The molecule has 1 atom stereocenters. The highest BCUT2D eigenvalue weighted by atomic mass is 35.5. The third kappa shape index (κ3) is 4.23. The number of amides is 1. The number of carbonyl (C=O) groups excluding carboxylic acids is 1. The lowest BCUT2D eigenvalue weighted by molar-refractivity contribution is 0.0822. The van der Waals surface area contributed by atoms with Crippen molar-refractivity contribution in [1.29, 1.82) is 0 Å². The standard InChI is InChI=1S/C14H24N4O.ClH/c1-15-11-5-4-8-18(9-11)10-12-6-7-13(16-12)14(19)17(2)3;/h6-7,11,15-16H,4-5,8-10H2,1-3H3;1H. The quantitative estimate of drug-likeness (QED) is 0.882. The van der Waals surface area contributed by atoms with E-state index in [1.54, 1.807) is 19.0 Å². The maximum atomic E-state index is 11.8. The highest BCUT2D eigenvalue weighted by molar-refractivity contribution is 5.92. The van der Waals surface area contributed by atoms with Gasteiger partial charge in [-0.2, -0.15) is 0 Å². The van der Waals surface area contributed by atoms with Gasteiger partial charge >= 0.3 is 0 Å². The molecule has 2 N–H and O–H groups in total. The Balaban J connectivity index is 0.00000200. The summed E-state index contributed by atoms with van der Waals surface area (Å²) in [6, 6.07) is 4.48. The summed E-state index contributed by atoms with van der Waals surface area (Å²) in [7, 11) is 5.56. The second-order valence-electron chi connectivity index (χ2n) is 5.46. The fraction of sp³-hybridized carbons (Fsp3) is 0.643. The van der Waals surface area contributed by atoms with Crippen molar-refractivity contribution in [2.45, 2.75) is 25.4 Å². The van der Waals surface area contributed by atoms with E-state index in [2.05, 4.69) is 15.2 Å². The number of H-pyrrole nitrogens is 1. The van der Waals surface area contributed by atoms with Crippen LogP contribution < -0.4 is 5.32 Å². The number of piperidine rings is 1. The molecule has 1 amide bonds. The molecule has 20 heavy (non-hydrogen) atoms. The van der Waals surface area contributed by atoms with Gasteiger partial charge in [-0.3, -0.25) is 9.69 Å². The molecule has 6 heteroatoms. The average molecular weight is 301 g/mol. The first-order chi connectivity index (χ1) is 9.10. The van der Waals surface area contributed by atoms with Crippen LogP contribution in [-0.4, -0.2) is 61.0 Å². The first-order valence-corrected chi connectivity index (χ1v) is 6.89. The van der Waals surface area contributed by atoms with Crippen LogP contribution in [0.4, 0.5) is 0 Å². The van der Waals surface area contributed by atoms with Gasteiger partial charge in [-0.1, -0.05) is 0 Å². The van der Waals surface area contributed by atoms with Crippen LogP contribution in [0.1, 0.15) is 29.0 Å². The van der Waals surface area contributed by atoms with Crippen molar-refractivity contribution >= 4 is 18.3 Å². The lowest BCUT2D eigenvalue weighted by Crippen LogP contribution is -2.43. The number of rotatable bonds is 4. The molecule has 0 bridgehead atoms. The van der Waals surface area contributed by atoms with Gasteiger partial charge in [0.1, 0.15) is 5.69 Å². The SMILES string of the molecule is CNC1CCCN(Cc2ccc(C(=O)N(C)C)[nH]2)C1.Cl. The maximum Gasteiger partial charge on any atom is 0.269 e. The summed E-state index contributed by atoms with van der Waals surface area (Å²) in [4.78, 5) is 19.1. The molecule has 0 aromatic carbocycles. The molecule has 1 aromatic heterocycles. The van der Waals surface area contributed by atoms with E-state index in [1.807, 2.05) is 19.2 Å². The molecular formula is C14H25ClN4O. The Kier molecular flexibility index (Phi) is 6.52. The van der Waals surface area contributed by atoms with Crippen LogP contribution in [-0.2, 0) is 6.54 Å². The number of nitrogens with zero attached hydrogens (tertiary/aromatic N) is 2. The number of aromatic amines is 1. The first kappa shape index (κ1) is 17.0. The number of hydrogen-bond donors (Lipinski definition) is 2. The monoisotopic (exact) mass is 300 g/mol. The number of aromatic nitrogens is 1. The van der Waals surface area contributed by atoms with Crippen molar-refractivity contribution in [2.24, 2.45) is 0 Å². The molecule has 2 heterocycles. The molecule has 0 spiro atoms. The van der Waals surface area contributed by atoms with E-state index in [4.69, 9.17) is 0 Å². The summed E-state index contributed by atoms with van der Waals surface area (Å²) in [5.74, 6) is 0.0259. The van der Waals surface area contributed by atoms with Gasteiger partial charge < -0.3 is 15.2 Å². The van der Waals surface area contributed by atoms with Crippen molar-refractivity contribution in [3.05, 3.63) is 23.5 Å². The van der Waals surface area contributed by atoms with Gasteiger partial charge in [-0.15, -0.1) is 12.4 Å². The molecular weight excluding hydrogens is 276 g/mol. The average Bonchev–Trinajstić information content (AvgIpc) is 2.86. The third-order valence-electron chi connectivity index (χ3n) is 3.69. The van der Waals surface area contributed by atoms with Crippen LogP contribution in [0.25, 0.3) is 0 Å². The molecule has 0 aliphatic carbocycles. The van der Waals surface area contributed by atoms with E-state index < -0.39 is 0 Å². The molecule has 1 aliphatic heterocycles. The minimum absolute atomic E-state index is 0. The molecule has 1 aliphatic rings. The number of carbonyl (C=O) groups is 1. The summed E-state index contributed by atoms with van der Waals surface area (Å²) in [6.45, 7) is 3.10. The zero-order chi connectivity index (χ0) is 13.8. The molecule has 0 radical (unpaired) electrons. The third-order valence-corrected chi connectivity index (χ3v) is 3.69. The van der Waals surface area contributed by atoms with Gasteiger partial charge in [-0.05, 0) is 38.6 Å². The van der Waals surface area contributed by atoms with E-state index in [-0.39, 0.29) is 18.3 Å². The predicted molar refractivity (Wildman–Crippen MR) is 83.4 cm³/mol. The van der Waals surface area contributed by atoms with Crippen molar-refractivity contribution in [3.8, 4) is 0 Å². The van der Waals surface area contributed by atoms with Gasteiger partial charge in [0.15, 0.2) is 0 Å². The van der Waals surface area contributed by atoms with Crippen LogP contribution in [0, 0.1) is 0 Å². The molecule has 1 aromatic rings. The number of likely N-dealkylation sites (tertiary alicyclic amines) is 1. The Labute approximate surface area is 127 Å². The van der Waals surface area contributed by atoms with Gasteiger partial charge in [0.25, 0.3) is 5.91 Å². The Morgan fingerprint density at radius 3 is 2.90 bits per heavy atom. The smallest absolute Gasteiger partial charge is 0.269 e. The van der Waals surface area contributed by atoms with Crippen LogP contribution in [0.2, 0.25) is 0 Å². The van der Waals surface area contributed by atoms with Crippen LogP contribution in [0.3, 0.4) is 0 Å². The first-order valence-electron chi connectivity index (χ1n) is 6.89. The Morgan fingerprint density at radius 2 is 2.25 bits per heavy atom. The van der Waals surface area contributed by atoms with E-state index in [0.29, 0.717) is 11.7 Å². The largest absolute Gasteiger partial charge is 0.353 e. The van der Waals surface area contributed by atoms with E-state index in [9.17, 15) is 4.79 Å². The van der Waals surface area contributed by atoms with Gasteiger partial charge in [0.2, 0.25) is 0 Å². The number of nitrogens with one attached hydrogen (secondary N) is 2. The second kappa shape index (κ2) is 7.67. The molecule has 5 nitrogen and oxygen atoms in total. The van der Waals surface area contributed by atoms with Crippen LogP contribution in [0.5, 0.6) is 0 Å². The fourth-order valence-electron chi connectivity index (χ4n) is 2.57. The van der Waals surface area contributed by atoms with Crippen LogP contribution >= 0.6 is 12.4 Å². The maximum absolute atomic E-state index is 11.8. The fourth-order valence-corrected chi connectivity index (χ4v) is 2.57. The molecule has 2 rings (SSSR count). The number of hydrogen-bond acceptors (Lipinski definition) is 3. The summed E-state index contributed by atoms with van der Waals surface area (Å²) < 4.78 is 0. The normalized spacial score (nSPS) is 19.4. The number of likely N-dealkylation sites (N-methyl/N-ethyl adjacent to an activating group) is 1. The lowest BCUT2D eigenvalue weighted by Gasteiger charge is -2.32. The second-order valence-corrected chi connectivity index (χ2v) is 5.46. The lowest BCUT2D eigenvalue weighted by atomic mass is 10.1. The van der Waals surface area contributed by atoms with E-state index in [1.165, 1.54) is 12.8 Å². The van der Waals surface area contributed by atoms with Crippen molar-refractivity contribution in [3.63, 3.8) is 0 Å². The molecule has 1 unspecified atom stereocenters. The summed E-state index contributed by atoms with van der Waals surface area (Å²) in [6.07, 6.45) is 2.48. The van der Waals surface area contributed by atoms with E-state index >= 15 is 0 Å².